The van der Waals surface area contributed by atoms with Gasteiger partial charge in [0.25, 0.3) is 0 Å². The fraction of sp³-hybridized carbons (Fsp3) is 0.514. The van der Waals surface area contributed by atoms with Crippen molar-refractivity contribution in [1.29, 1.82) is 0 Å². The molecule has 2 heterocycles. The second-order valence-corrected chi connectivity index (χ2v) is 35.8. The van der Waals surface area contributed by atoms with E-state index >= 15 is 0 Å². The molecule has 1 N–H and O–H groups in total. The van der Waals surface area contributed by atoms with Crippen LogP contribution in [0.25, 0.3) is 11.1 Å². The van der Waals surface area contributed by atoms with Gasteiger partial charge in [-0.15, -0.1) is 0 Å². The molecule has 0 spiro atoms. The van der Waals surface area contributed by atoms with Gasteiger partial charge in [0.15, 0.2) is 23.0 Å². The van der Waals surface area contributed by atoms with Gasteiger partial charge < -0.3 is 38.3 Å². The van der Waals surface area contributed by atoms with Crippen molar-refractivity contribution >= 4 is 47.7 Å². The second kappa shape index (κ2) is 22.5. The first-order valence-electron chi connectivity index (χ1n) is 30.0. The molecule has 2 aliphatic rings. The average molecular weight is 1180 g/mol. The molecule has 1 atom stereocenters. The maximum absolute atomic E-state index is 11.5. The molecular formula is C74H100O8P2. The van der Waals surface area contributed by atoms with Crippen molar-refractivity contribution in [3.05, 3.63) is 123 Å². The summed E-state index contributed by atoms with van der Waals surface area (Å²) in [5, 5.41) is 18.4. The molecule has 0 amide bonds. The van der Waals surface area contributed by atoms with E-state index < -0.39 is 15.8 Å². The molecule has 8 nitrogen and oxygen atoms in total. The van der Waals surface area contributed by atoms with Crippen molar-refractivity contribution in [2.75, 3.05) is 34.9 Å². The summed E-state index contributed by atoms with van der Waals surface area (Å²) in [5.74, 6) is 5.42. The van der Waals surface area contributed by atoms with Crippen LogP contribution in [0.1, 0.15) is 216 Å². The van der Waals surface area contributed by atoms with Crippen molar-refractivity contribution in [2.45, 2.75) is 216 Å². The van der Waals surface area contributed by atoms with Gasteiger partial charge in [-0.2, -0.15) is 0 Å². The van der Waals surface area contributed by atoms with Gasteiger partial charge in [0.2, 0.25) is 13.6 Å². The van der Waals surface area contributed by atoms with Crippen LogP contribution in [-0.4, -0.2) is 40.0 Å². The number of fused-ring (bicyclic) bond motifs is 2. The van der Waals surface area contributed by atoms with E-state index in [0.29, 0.717) is 23.0 Å². The van der Waals surface area contributed by atoms with Gasteiger partial charge in [-0.25, -0.2) is 0 Å². The number of aliphatic hydroxyl groups excluding tert-OH is 1. The van der Waals surface area contributed by atoms with E-state index in [-0.39, 0.29) is 63.5 Å². The molecule has 8 rings (SSSR count). The maximum Gasteiger partial charge on any atom is 0.231 e. The average Bonchev–Trinajstić information content (AvgIpc) is 1.21. The zero-order valence-electron chi connectivity index (χ0n) is 56.2. The van der Waals surface area contributed by atoms with Crippen LogP contribution >= 0.6 is 15.8 Å². The molecule has 0 saturated heterocycles. The van der Waals surface area contributed by atoms with Crippen molar-refractivity contribution < 1.29 is 38.3 Å². The lowest BCUT2D eigenvalue weighted by molar-refractivity contribution is 0.173. The zero-order chi connectivity index (χ0) is 62.6. The standard InChI is InChI=1S/C74H100O8P2/c1-67(2,3)48-32-43(33-49(47(48)40-75)68(4,5)6)83(44-34-50(69(7,8)9)62(76-25)51(35-44)70(10,11)12)58-30-28-56-65(81-41-79-56)60(58)61-59(31-29-57-66(61)82-42-80-57)84(45-36-52(71(13,14)15)63(77-26)53(37-45)72(16,17)18)46-38-54(73(19,20)21)64(78-27)55(39-46)74(22,23)24/h28-39,75H,40-42H2,1-27H3. The van der Waals surface area contributed by atoms with Crippen LogP contribution in [0.2, 0.25) is 0 Å². The van der Waals surface area contributed by atoms with Gasteiger partial charge in [0, 0.05) is 44.5 Å². The fourth-order valence-corrected chi connectivity index (χ4v) is 17.3. The number of benzene rings is 6. The monoisotopic (exact) mass is 1180 g/mol. The molecular weight excluding hydrogens is 1080 g/mol. The van der Waals surface area contributed by atoms with Gasteiger partial charge in [-0.3, -0.25) is 0 Å². The highest BCUT2D eigenvalue weighted by Crippen LogP contribution is 2.56. The van der Waals surface area contributed by atoms with Gasteiger partial charge in [0.05, 0.1) is 27.9 Å². The molecule has 84 heavy (non-hydrogen) atoms. The van der Waals surface area contributed by atoms with Crippen molar-refractivity contribution in [2.24, 2.45) is 0 Å². The first-order valence-corrected chi connectivity index (χ1v) is 32.7. The Kier molecular flexibility index (Phi) is 17.3. The lowest BCUT2D eigenvalue weighted by atomic mass is 9.76. The molecule has 1 unspecified atom stereocenters. The summed E-state index contributed by atoms with van der Waals surface area (Å²) >= 11 is 0. The van der Waals surface area contributed by atoms with Crippen LogP contribution < -0.4 is 65.0 Å². The van der Waals surface area contributed by atoms with Gasteiger partial charge in [0.1, 0.15) is 17.2 Å². The molecule has 6 aromatic rings. The number of rotatable bonds is 11. The highest BCUT2D eigenvalue weighted by molar-refractivity contribution is 7.80. The van der Waals surface area contributed by atoms with Crippen LogP contribution in [0, 0.1) is 0 Å². The molecule has 6 aromatic carbocycles. The molecule has 2 aliphatic heterocycles. The molecule has 454 valence electrons. The second-order valence-electron chi connectivity index (χ2n) is 31.5. The summed E-state index contributed by atoms with van der Waals surface area (Å²) < 4.78 is 46.5. The first kappa shape index (κ1) is 64.7. The minimum atomic E-state index is -1.52. The smallest absolute Gasteiger partial charge is 0.231 e. The lowest BCUT2D eigenvalue weighted by Crippen LogP contribution is -2.32. The third-order valence-corrected chi connectivity index (χ3v) is 21.3. The summed E-state index contributed by atoms with van der Waals surface area (Å²) in [6.45, 7) is 54.8. The molecule has 0 aliphatic carbocycles. The van der Waals surface area contributed by atoms with Crippen molar-refractivity contribution in [3.8, 4) is 51.4 Å². The predicted octanol–water partition coefficient (Wildman–Crippen LogP) is 16.2. The van der Waals surface area contributed by atoms with Crippen LogP contribution in [-0.2, 0) is 49.9 Å². The Labute approximate surface area is 508 Å². The number of ether oxygens (including phenoxy) is 7. The van der Waals surface area contributed by atoms with E-state index in [1.807, 2.05) is 21.3 Å². The minimum absolute atomic E-state index is 0.0589. The third-order valence-electron chi connectivity index (χ3n) is 16.5. The molecule has 0 aromatic heterocycles. The summed E-state index contributed by atoms with van der Waals surface area (Å²) in [6.07, 6.45) is 0. The number of aliphatic hydroxyl groups is 1. The quantitative estimate of drug-likeness (QED) is 0.128. The van der Waals surface area contributed by atoms with E-state index in [9.17, 15) is 5.11 Å². The Bertz CT molecular complexity index is 2940. The maximum atomic E-state index is 11.5. The van der Waals surface area contributed by atoms with Crippen LogP contribution in [0.15, 0.2) is 72.8 Å². The Morgan fingerprint density at radius 2 is 0.571 bits per heavy atom. The van der Waals surface area contributed by atoms with Gasteiger partial charge >= 0.3 is 0 Å². The highest BCUT2D eigenvalue weighted by atomic mass is 31.1. The Morgan fingerprint density at radius 1 is 0.345 bits per heavy atom. The summed E-state index contributed by atoms with van der Waals surface area (Å²) in [7, 11) is 2.41. The van der Waals surface area contributed by atoms with Gasteiger partial charge in [-0.05, 0) is 180 Å². The topological polar surface area (TPSA) is 84.8 Å². The summed E-state index contributed by atoms with van der Waals surface area (Å²) in [4.78, 5) is 0. The van der Waals surface area contributed by atoms with Crippen molar-refractivity contribution in [1.82, 2.24) is 0 Å². The summed E-state index contributed by atoms with van der Waals surface area (Å²) in [5.41, 5.74) is 9.49. The first-order chi connectivity index (χ1) is 38.6. The van der Waals surface area contributed by atoms with Crippen molar-refractivity contribution in [3.63, 3.8) is 0 Å². The van der Waals surface area contributed by atoms with E-state index in [1.165, 1.54) is 15.9 Å². The highest BCUT2D eigenvalue weighted by Gasteiger charge is 2.41. The van der Waals surface area contributed by atoms with E-state index in [0.717, 1.165) is 94.4 Å². The number of hydrogen-bond acceptors (Lipinski definition) is 8. The van der Waals surface area contributed by atoms with Gasteiger partial charge in [-0.1, -0.05) is 166 Å². The summed E-state index contributed by atoms with van der Waals surface area (Å²) in [6, 6.07) is 28.2. The zero-order valence-corrected chi connectivity index (χ0v) is 58.0. The molecule has 0 bridgehead atoms. The molecule has 0 fully saturated rings. The predicted molar refractivity (Wildman–Crippen MR) is 357 cm³/mol. The molecule has 10 heteroatoms. The number of hydrogen-bond donors (Lipinski definition) is 1. The van der Waals surface area contributed by atoms with E-state index in [1.54, 1.807) is 0 Å². The lowest BCUT2D eigenvalue weighted by Gasteiger charge is -2.35. The largest absolute Gasteiger partial charge is 0.496 e. The van der Waals surface area contributed by atoms with E-state index in [4.69, 9.17) is 33.2 Å². The van der Waals surface area contributed by atoms with Crippen LogP contribution in [0.4, 0.5) is 0 Å². The number of methoxy groups -OCH3 is 3. The Morgan fingerprint density at radius 3 is 0.774 bits per heavy atom. The molecule has 0 saturated carbocycles. The van der Waals surface area contributed by atoms with E-state index in [2.05, 4.69) is 239 Å². The molecule has 0 radical (unpaired) electrons. The Balaban J connectivity index is 1.67. The fourth-order valence-electron chi connectivity index (χ4n) is 12.2. The van der Waals surface area contributed by atoms with Crippen LogP contribution in [0.3, 0.4) is 0 Å². The minimum Gasteiger partial charge on any atom is -0.496 e. The van der Waals surface area contributed by atoms with Crippen LogP contribution in [0.5, 0.6) is 40.2 Å². The normalized spacial score (nSPS) is 14.6. The Hall–Kier alpha value is -5.26. The SMILES string of the molecule is COc1c(C(C)(C)C)cc(P(c2cc(C(C)(C)C)c(CO)c(C(C)(C)C)c2)c2ccc3c(c2-c2c(P(c4cc(C(C)(C)C)c(OC)c(C(C)(C)C)c4)c4cc(C(C)(C)C)c(OC)c(C(C)(C)C)c4)ccc4c2OCO4)OCO3)cc1C(C)(C)C. The third kappa shape index (κ3) is 12.4.